The van der Waals surface area contributed by atoms with Crippen molar-refractivity contribution < 1.29 is 9.84 Å². The van der Waals surface area contributed by atoms with Crippen molar-refractivity contribution in [1.29, 1.82) is 0 Å². The number of hydrogen-bond acceptors (Lipinski definition) is 5. The molecule has 0 aliphatic rings. The Morgan fingerprint density at radius 3 is 2.48 bits per heavy atom. The number of aliphatic hydroxyl groups is 1. The fourth-order valence-corrected chi connectivity index (χ4v) is 3.74. The molecule has 156 valence electrons. The maximum Gasteiger partial charge on any atom is 0.222 e. The molecule has 1 N–H and O–H groups in total. The molecular weight excluding hydrogens is 364 g/mol. The van der Waals surface area contributed by atoms with Gasteiger partial charge in [-0.05, 0) is 43.4 Å². The van der Waals surface area contributed by atoms with Gasteiger partial charge in [-0.25, -0.2) is 15.0 Å². The summed E-state index contributed by atoms with van der Waals surface area (Å²) in [6.07, 6.45) is 4.71. The minimum Gasteiger partial charge on any atom is -0.480 e. The number of ether oxygens (including phenoxy) is 1. The zero-order chi connectivity index (χ0) is 21.1. The molecule has 3 heterocycles. The average molecular weight is 397 g/mol. The Bertz CT molecular complexity index is 994. The van der Waals surface area contributed by atoms with Crippen molar-refractivity contribution in [3.63, 3.8) is 0 Å². The topological polar surface area (TPSA) is 73.1 Å². The number of hydrogen-bond donors (Lipinski definition) is 1. The van der Waals surface area contributed by atoms with Gasteiger partial charge in [-0.15, -0.1) is 0 Å². The quantitative estimate of drug-likeness (QED) is 0.590. The second-order valence-electron chi connectivity index (χ2n) is 7.84. The summed E-state index contributed by atoms with van der Waals surface area (Å²) in [5.74, 6) is 0.901. The van der Waals surface area contributed by atoms with Crippen LogP contribution in [0.5, 0.6) is 5.88 Å². The monoisotopic (exact) mass is 396 g/mol. The summed E-state index contributed by atoms with van der Waals surface area (Å²) in [4.78, 5) is 14.7. The molecule has 0 saturated heterocycles. The molecule has 6 heteroatoms. The Kier molecular flexibility index (Phi) is 6.52. The van der Waals surface area contributed by atoms with Crippen LogP contribution in [0.4, 0.5) is 0 Å². The highest BCUT2D eigenvalue weighted by Gasteiger charge is 2.21. The minimum absolute atomic E-state index is 0.0163. The Balaban J connectivity index is 2.21. The first-order valence-electron chi connectivity index (χ1n) is 10.5. The summed E-state index contributed by atoms with van der Waals surface area (Å²) in [7, 11) is 1.64. The van der Waals surface area contributed by atoms with Gasteiger partial charge in [0.1, 0.15) is 5.52 Å². The van der Waals surface area contributed by atoms with E-state index in [4.69, 9.17) is 14.7 Å². The van der Waals surface area contributed by atoms with Crippen LogP contribution in [0.3, 0.4) is 0 Å². The second kappa shape index (κ2) is 8.91. The molecule has 1 atom stereocenters. The van der Waals surface area contributed by atoms with Gasteiger partial charge in [0.15, 0.2) is 5.65 Å². The van der Waals surface area contributed by atoms with Crippen LogP contribution in [-0.4, -0.2) is 38.3 Å². The molecule has 0 aliphatic heterocycles. The van der Waals surface area contributed by atoms with Crippen molar-refractivity contribution in [2.24, 2.45) is 0 Å². The number of aliphatic hydroxyl groups excluding tert-OH is 1. The van der Waals surface area contributed by atoms with E-state index in [1.165, 1.54) is 0 Å². The number of rotatable bonds is 8. The van der Waals surface area contributed by atoms with Crippen LogP contribution in [0.15, 0.2) is 18.3 Å². The van der Waals surface area contributed by atoms with Crippen LogP contribution in [0.2, 0.25) is 0 Å². The van der Waals surface area contributed by atoms with Gasteiger partial charge in [-0.2, -0.15) is 0 Å². The van der Waals surface area contributed by atoms with Crippen LogP contribution in [0.1, 0.15) is 69.4 Å². The molecule has 0 radical (unpaired) electrons. The molecule has 3 aromatic heterocycles. The van der Waals surface area contributed by atoms with Crippen molar-refractivity contribution in [3.05, 3.63) is 35.3 Å². The minimum atomic E-state index is 0.0163. The van der Waals surface area contributed by atoms with E-state index in [1.54, 1.807) is 7.11 Å². The van der Waals surface area contributed by atoms with E-state index in [0.29, 0.717) is 11.8 Å². The van der Waals surface area contributed by atoms with Crippen LogP contribution in [0.25, 0.3) is 22.4 Å². The molecule has 0 bridgehead atoms. The van der Waals surface area contributed by atoms with E-state index in [9.17, 15) is 5.11 Å². The molecular formula is C23H32N4O2. The number of aryl methyl sites for hydroxylation is 2. The van der Waals surface area contributed by atoms with E-state index in [1.807, 2.05) is 19.1 Å². The first kappa shape index (κ1) is 21.2. The van der Waals surface area contributed by atoms with Gasteiger partial charge >= 0.3 is 0 Å². The normalized spacial score (nSPS) is 12.7. The SMILES string of the molecule is CCC[C@@H](CO)n1cc(C)c2nc(-c3ccc(C(C)C)nc3OC)c(CC)nc21. The number of nitrogens with zero attached hydrogens (tertiary/aromatic N) is 4. The summed E-state index contributed by atoms with van der Waals surface area (Å²) in [6.45, 7) is 10.6. The lowest BCUT2D eigenvalue weighted by atomic mass is 10.1. The predicted molar refractivity (Wildman–Crippen MR) is 117 cm³/mol. The highest BCUT2D eigenvalue weighted by molar-refractivity contribution is 5.81. The fourth-order valence-electron chi connectivity index (χ4n) is 3.74. The van der Waals surface area contributed by atoms with E-state index < -0.39 is 0 Å². The smallest absolute Gasteiger partial charge is 0.222 e. The number of methoxy groups -OCH3 is 1. The molecule has 29 heavy (non-hydrogen) atoms. The first-order chi connectivity index (χ1) is 13.9. The van der Waals surface area contributed by atoms with Crippen molar-refractivity contribution in [3.8, 4) is 17.1 Å². The Hall–Kier alpha value is -2.47. The molecule has 0 amide bonds. The van der Waals surface area contributed by atoms with Gasteiger partial charge in [0.2, 0.25) is 5.88 Å². The zero-order valence-electron chi connectivity index (χ0n) is 18.4. The van der Waals surface area contributed by atoms with Gasteiger partial charge in [0.25, 0.3) is 0 Å². The summed E-state index contributed by atoms with van der Waals surface area (Å²) in [5, 5.41) is 9.88. The summed E-state index contributed by atoms with van der Waals surface area (Å²) in [5.41, 5.74) is 6.33. The second-order valence-corrected chi connectivity index (χ2v) is 7.84. The highest BCUT2D eigenvalue weighted by atomic mass is 16.5. The predicted octanol–water partition coefficient (Wildman–Crippen LogP) is 4.83. The third kappa shape index (κ3) is 3.99. The fraction of sp³-hybridized carbons (Fsp3) is 0.522. The van der Waals surface area contributed by atoms with E-state index >= 15 is 0 Å². The zero-order valence-corrected chi connectivity index (χ0v) is 18.4. The first-order valence-corrected chi connectivity index (χ1v) is 10.5. The molecule has 0 fully saturated rings. The third-order valence-corrected chi connectivity index (χ3v) is 5.38. The standard InChI is InChI=1S/C23H32N4O2/c1-7-9-16(13-28)27-12-15(5)20-22(27)24-18(8-2)21(26-20)17-10-11-19(14(3)4)25-23(17)29-6/h10-12,14,16,28H,7-9,13H2,1-6H3/t16-/m0/s1. The summed E-state index contributed by atoms with van der Waals surface area (Å²) < 4.78 is 7.69. The van der Waals surface area contributed by atoms with Crippen molar-refractivity contribution >= 4 is 11.2 Å². The molecule has 6 nitrogen and oxygen atoms in total. The maximum absolute atomic E-state index is 9.88. The van der Waals surface area contributed by atoms with Crippen molar-refractivity contribution in [2.45, 2.75) is 65.8 Å². The van der Waals surface area contributed by atoms with Crippen molar-refractivity contribution in [1.82, 2.24) is 19.5 Å². The molecule has 3 aromatic rings. The average Bonchev–Trinajstić information content (AvgIpc) is 3.05. The number of pyridine rings is 1. The van der Waals surface area contributed by atoms with Crippen LogP contribution in [-0.2, 0) is 6.42 Å². The van der Waals surface area contributed by atoms with Gasteiger partial charge in [-0.1, -0.05) is 34.1 Å². The van der Waals surface area contributed by atoms with Crippen LogP contribution in [0, 0.1) is 6.92 Å². The number of fused-ring (bicyclic) bond motifs is 1. The lowest BCUT2D eigenvalue weighted by Gasteiger charge is -2.17. The van der Waals surface area contributed by atoms with Crippen LogP contribution >= 0.6 is 0 Å². The molecule has 0 unspecified atom stereocenters. The third-order valence-electron chi connectivity index (χ3n) is 5.38. The lowest BCUT2D eigenvalue weighted by molar-refractivity contribution is 0.222. The Morgan fingerprint density at radius 2 is 1.90 bits per heavy atom. The largest absolute Gasteiger partial charge is 0.480 e. The molecule has 0 aliphatic carbocycles. The summed E-state index contributed by atoms with van der Waals surface area (Å²) in [6, 6.07) is 4.09. The maximum atomic E-state index is 9.88. The molecule has 0 aromatic carbocycles. The van der Waals surface area contributed by atoms with Crippen LogP contribution < -0.4 is 4.74 Å². The van der Waals surface area contributed by atoms with E-state index in [2.05, 4.69) is 43.4 Å². The van der Waals surface area contributed by atoms with E-state index in [-0.39, 0.29) is 12.6 Å². The highest BCUT2D eigenvalue weighted by Crippen LogP contribution is 2.33. The van der Waals surface area contributed by atoms with Gasteiger partial charge in [0.05, 0.1) is 36.7 Å². The Labute approximate surface area is 173 Å². The van der Waals surface area contributed by atoms with Gasteiger partial charge < -0.3 is 14.4 Å². The van der Waals surface area contributed by atoms with E-state index in [0.717, 1.165) is 58.6 Å². The molecule has 3 rings (SSSR count). The summed E-state index contributed by atoms with van der Waals surface area (Å²) >= 11 is 0. The van der Waals surface area contributed by atoms with Gasteiger partial charge in [-0.3, -0.25) is 0 Å². The molecule has 0 spiro atoms. The Morgan fingerprint density at radius 1 is 1.14 bits per heavy atom. The molecule has 0 saturated carbocycles. The van der Waals surface area contributed by atoms with Crippen molar-refractivity contribution in [2.75, 3.05) is 13.7 Å². The van der Waals surface area contributed by atoms with Gasteiger partial charge in [0, 0.05) is 11.9 Å². The lowest BCUT2D eigenvalue weighted by Crippen LogP contribution is -2.13. The number of aromatic nitrogens is 4.